The molecular weight excluding hydrogens is 258 g/mol. The van der Waals surface area contributed by atoms with E-state index in [9.17, 15) is 19.5 Å². The third kappa shape index (κ3) is 2.58. The highest BCUT2D eigenvalue weighted by Gasteiger charge is 2.54. The summed E-state index contributed by atoms with van der Waals surface area (Å²) in [6.45, 7) is 3.80. The number of hydrogen-bond acceptors (Lipinski definition) is 3. The highest BCUT2D eigenvalue weighted by Crippen LogP contribution is 2.46. The summed E-state index contributed by atoms with van der Waals surface area (Å²) in [6.07, 6.45) is 4.97. The molecule has 1 atom stereocenters. The van der Waals surface area contributed by atoms with Crippen molar-refractivity contribution in [1.29, 1.82) is 0 Å². The van der Waals surface area contributed by atoms with Gasteiger partial charge in [-0.05, 0) is 25.2 Å². The molecule has 0 unspecified atom stereocenters. The summed E-state index contributed by atoms with van der Waals surface area (Å²) in [5.74, 6) is -1.49. The summed E-state index contributed by atoms with van der Waals surface area (Å²) >= 11 is 0. The minimum absolute atomic E-state index is 0.125. The SMILES string of the molecule is CC(C)C[C@@H](C(=O)O)N1C(=O)CC2(CCCCC2)C1=O. The van der Waals surface area contributed by atoms with Crippen molar-refractivity contribution >= 4 is 17.8 Å². The summed E-state index contributed by atoms with van der Waals surface area (Å²) < 4.78 is 0. The molecule has 0 bridgehead atoms. The highest BCUT2D eigenvalue weighted by molar-refractivity contribution is 6.08. The van der Waals surface area contributed by atoms with E-state index in [4.69, 9.17) is 0 Å². The molecule has 2 aliphatic rings. The molecule has 1 aliphatic heterocycles. The summed E-state index contributed by atoms with van der Waals surface area (Å²) in [4.78, 5) is 37.4. The van der Waals surface area contributed by atoms with Crippen molar-refractivity contribution in [2.45, 2.75) is 64.8 Å². The van der Waals surface area contributed by atoms with Gasteiger partial charge in [-0.15, -0.1) is 0 Å². The Labute approximate surface area is 119 Å². The van der Waals surface area contributed by atoms with E-state index in [0.717, 1.165) is 37.0 Å². The Morgan fingerprint density at radius 2 is 1.85 bits per heavy atom. The fourth-order valence-electron chi connectivity index (χ4n) is 3.52. The first kappa shape index (κ1) is 15.0. The van der Waals surface area contributed by atoms with E-state index in [2.05, 4.69) is 0 Å². The molecule has 5 nitrogen and oxygen atoms in total. The van der Waals surface area contributed by atoms with Gasteiger partial charge in [0.15, 0.2) is 0 Å². The Morgan fingerprint density at radius 1 is 1.25 bits per heavy atom. The number of hydrogen-bond donors (Lipinski definition) is 1. The van der Waals surface area contributed by atoms with Crippen LogP contribution in [0.25, 0.3) is 0 Å². The van der Waals surface area contributed by atoms with E-state index in [1.54, 1.807) is 0 Å². The van der Waals surface area contributed by atoms with Gasteiger partial charge < -0.3 is 5.11 Å². The molecule has 20 heavy (non-hydrogen) atoms. The molecule has 1 heterocycles. The zero-order valence-corrected chi connectivity index (χ0v) is 12.2. The van der Waals surface area contributed by atoms with Crippen LogP contribution in [0, 0.1) is 11.3 Å². The molecule has 1 aliphatic carbocycles. The van der Waals surface area contributed by atoms with E-state index < -0.39 is 17.4 Å². The first-order chi connectivity index (χ1) is 9.37. The average Bonchev–Trinajstić information content (AvgIpc) is 2.59. The first-order valence-corrected chi connectivity index (χ1v) is 7.47. The van der Waals surface area contributed by atoms with Crippen molar-refractivity contribution < 1.29 is 19.5 Å². The van der Waals surface area contributed by atoms with E-state index >= 15 is 0 Å². The molecule has 2 fully saturated rings. The number of carboxylic acid groups (broad SMARTS) is 1. The number of carboxylic acids is 1. The van der Waals surface area contributed by atoms with Crippen molar-refractivity contribution in [2.24, 2.45) is 11.3 Å². The molecule has 2 amide bonds. The first-order valence-electron chi connectivity index (χ1n) is 7.47. The Kier molecular flexibility index (Phi) is 4.16. The van der Waals surface area contributed by atoms with Crippen LogP contribution in [0.15, 0.2) is 0 Å². The van der Waals surface area contributed by atoms with Gasteiger partial charge in [-0.1, -0.05) is 33.1 Å². The van der Waals surface area contributed by atoms with Crippen molar-refractivity contribution in [2.75, 3.05) is 0 Å². The number of amides is 2. The number of likely N-dealkylation sites (tertiary alicyclic amines) is 1. The minimum Gasteiger partial charge on any atom is -0.480 e. The molecule has 0 aromatic rings. The molecule has 1 spiro atoms. The maximum absolute atomic E-state index is 12.7. The summed E-state index contributed by atoms with van der Waals surface area (Å²) in [5, 5.41) is 9.36. The number of carbonyl (C=O) groups excluding carboxylic acids is 2. The van der Waals surface area contributed by atoms with Crippen molar-refractivity contribution in [3.63, 3.8) is 0 Å². The Morgan fingerprint density at radius 3 is 2.35 bits per heavy atom. The van der Waals surface area contributed by atoms with E-state index in [1.807, 2.05) is 13.8 Å². The zero-order chi connectivity index (χ0) is 14.9. The molecule has 1 saturated carbocycles. The highest BCUT2D eigenvalue weighted by atomic mass is 16.4. The Balaban J connectivity index is 2.24. The van der Waals surface area contributed by atoms with Crippen LogP contribution in [0.5, 0.6) is 0 Å². The second-order valence-corrected chi connectivity index (χ2v) is 6.57. The fraction of sp³-hybridized carbons (Fsp3) is 0.800. The zero-order valence-electron chi connectivity index (χ0n) is 12.2. The molecular formula is C15H23NO4. The van der Waals surface area contributed by atoms with Crippen LogP contribution in [0.3, 0.4) is 0 Å². The lowest BCUT2D eigenvalue weighted by Gasteiger charge is -2.32. The van der Waals surface area contributed by atoms with Gasteiger partial charge in [0.05, 0.1) is 5.41 Å². The van der Waals surface area contributed by atoms with Gasteiger partial charge in [-0.25, -0.2) is 4.79 Å². The molecule has 1 saturated heterocycles. The Bertz CT molecular complexity index is 424. The van der Waals surface area contributed by atoms with Crippen LogP contribution in [-0.2, 0) is 14.4 Å². The number of aliphatic carboxylic acids is 1. The van der Waals surface area contributed by atoms with E-state index in [1.165, 1.54) is 0 Å². The summed E-state index contributed by atoms with van der Waals surface area (Å²) in [5.41, 5.74) is -0.597. The number of carbonyl (C=O) groups is 3. The molecule has 112 valence electrons. The van der Waals surface area contributed by atoms with Gasteiger partial charge in [0.2, 0.25) is 11.8 Å². The third-order valence-corrected chi connectivity index (χ3v) is 4.53. The van der Waals surface area contributed by atoms with Gasteiger partial charge in [0.25, 0.3) is 0 Å². The number of rotatable bonds is 4. The molecule has 0 aromatic carbocycles. The van der Waals surface area contributed by atoms with Crippen LogP contribution in [0.4, 0.5) is 0 Å². The monoisotopic (exact) mass is 281 g/mol. The van der Waals surface area contributed by atoms with Crippen LogP contribution < -0.4 is 0 Å². The average molecular weight is 281 g/mol. The standard InChI is InChI=1S/C15H23NO4/c1-10(2)8-11(13(18)19)16-12(17)9-15(14(16)20)6-4-3-5-7-15/h10-11H,3-9H2,1-2H3,(H,18,19)/t11-/m0/s1. The van der Waals surface area contributed by atoms with Crippen LogP contribution in [0.1, 0.15) is 58.8 Å². The minimum atomic E-state index is -1.08. The van der Waals surface area contributed by atoms with E-state index in [0.29, 0.717) is 6.42 Å². The largest absolute Gasteiger partial charge is 0.480 e. The van der Waals surface area contributed by atoms with Gasteiger partial charge in [0.1, 0.15) is 6.04 Å². The second kappa shape index (κ2) is 5.54. The number of imide groups is 1. The van der Waals surface area contributed by atoms with Crippen molar-refractivity contribution in [3.8, 4) is 0 Å². The predicted molar refractivity (Wildman–Crippen MR) is 72.9 cm³/mol. The predicted octanol–water partition coefficient (Wildman–Crippen LogP) is 2.20. The molecule has 2 rings (SSSR count). The normalized spacial score (nSPS) is 23.6. The maximum Gasteiger partial charge on any atom is 0.326 e. The van der Waals surface area contributed by atoms with Gasteiger partial charge in [-0.2, -0.15) is 0 Å². The lowest BCUT2D eigenvalue weighted by atomic mass is 9.73. The second-order valence-electron chi connectivity index (χ2n) is 6.57. The summed E-state index contributed by atoms with van der Waals surface area (Å²) in [6, 6.07) is -1.00. The maximum atomic E-state index is 12.7. The van der Waals surface area contributed by atoms with Gasteiger partial charge in [0, 0.05) is 6.42 Å². The quantitative estimate of drug-likeness (QED) is 0.802. The molecule has 5 heteroatoms. The van der Waals surface area contributed by atoms with Crippen LogP contribution in [-0.4, -0.2) is 33.8 Å². The van der Waals surface area contributed by atoms with Crippen molar-refractivity contribution in [1.82, 2.24) is 4.90 Å². The van der Waals surface area contributed by atoms with Crippen molar-refractivity contribution in [3.05, 3.63) is 0 Å². The summed E-state index contributed by atoms with van der Waals surface area (Å²) in [7, 11) is 0. The lowest BCUT2D eigenvalue weighted by Crippen LogP contribution is -2.47. The Hall–Kier alpha value is -1.39. The van der Waals surface area contributed by atoms with E-state index in [-0.39, 0.29) is 24.2 Å². The van der Waals surface area contributed by atoms with Crippen LogP contribution in [0.2, 0.25) is 0 Å². The molecule has 1 N–H and O–H groups in total. The smallest absolute Gasteiger partial charge is 0.326 e. The van der Waals surface area contributed by atoms with Crippen LogP contribution >= 0.6 is 0 Å². The molecule has 0 aromatic heterocycles. The van der Waals surface area contributed by atoms with Gasteiger partial charge >= 0.3 is 5.97 Å². The van der Waals surface area contributed by atoms with Gasteiger partial charge in [-0.3, -0.25) is 14.5 Å². The topological polar surface area (TPSA) is 74.7 Å². The molecule has 0 radical (unpaired) electrons. The third-order valence-electron chi connectivity index (χ3n) is 4.53. The number of nitrogens with zero attached hydrogens (tertiary/aromatic N) is 1. The lowest BCUT2D eigenvalue weighted by molar-refractivity contribution is -0.156. The fourth-order valence-corrected chi connectivity index (χ4v) is 3.52.